The fourth-order valence-corrected chi connectivity index (χ4v) is 4.98. The minimum Gasteiger partial charge on any atom is -0.478 e. The normalized spacial score (nSPS) is 17.2. The molecular formula is C28H27F3N2O3. The summed E-state index contributed by atoms with van der Waals surface area (Å²) in [4.78, 5) is 28.4. The number of aromatic carboxylic acids is 1. The quantitative estimate of drug-likeness (QED) is 0.428. The molecule has 0 saturated heterocycles. The Bertz CT molecular complexity index is 1250. The number of carboxylic acids is 1. The zero-order chi connectivity index (χ0) is 26.0. The third-order valence-electron chi connectivity index (χ3n) is 6.72. The van der Waals surface area contributed by atoms with Crippen molar-refractivity contribution < 1.29 is 27.9 Å². The summed E-state index contributed by atoms with van der Waals surface area (Å²) in [5.41, 5.74) is 3.52. The first-order valence-electron chi connectivity index (χ1n) is 11.8. The van der Waals surface area contributed by atoms with Gasteiger partial charge < -0.3 is 10.4 Å². The van der Waals surface area contributed by atoms with Crippen LogP contribution in [0.1, 0.15) is 68.4 Å². The standard InChI is InChI=1S/C28H27F3N2O3/c1-16(2)24-20(11-17-5-9-23(10-6-17)28(29,30)31)12-21-13-22(15-32-25(21)24)26(34)33-14-18-3-7-19(8-4-18)27(35)36/h3-10,13,15-16,20,24H,11-12,14H2,1-2H3,(H,33,34)(H,35,36)/t20?,24-/m1/s1. The van der Waals surface area contributed by atoms with Gasteiger partial charge in [0.2, 0.25) is 0 Å². The van der Waals surface area contributed by atoms with E-state index in [1.165, 1.54) is 12.1 Å². The van der Waals surface area contributed by atoms with Gasteiger partial charge in [-0.2, -0.15) is 13.2 Å². The molecule has 0 saturated carbocycles. The molecule has 2 aromatic carbocycles. The van der Waals surface area contributed by atoms with E-state index >= 15 is 0 Å². The van der Waals surface area contributed by atoms with E-state index in [4.69, 9.17) is 5.11 Å². The summed E-state index contributed by atoms with van der Waals surface area (Å²) in [7, 11) is 0. The number of nitrogens with zero attached hydrogens (tertiary/aromatic N) is 1. The summed E-state index contributed by atoms with van der Waals surface area (Å²) in [6, 6.07) is 13.5. The minimum atomic E-state index is -4.36. The summed E-state index contributed by atoms with van der Waals surface area (Å²) >= 11 is 0. The first-order chi connectivity index (χ1) is 17.0. The smallest absolute Gasteiger partial charge is 0.416 e. The van der Waals surface area contributed by atoms with Gasteiger partial charge in [-0.25, -0.2) is 4.79 Å². The average molecular weight is 497 g/mol. The zero-order valence-electron chi connectivity index (χ0n) is 20.0. The number of nitrogens with one attached hydrogen (secondary N) is 1. The first-order valence-corrected chi connectivity index (χ1v) is 11.8. The Morgan fingerprint density at radius 3 is 2.25 bits per heavy atom. The molecule has 36 heavy (non-hydrogen) atoms. The molecule has 4 rings (SSSR count). The van der Waals surface area contributed by atoms with E-state index in [0.717, 1.165) is 34.5 Å². The third kappa shape index (κ3) is 5.58. The van der Waals surface area contributed by atoms with Crippen LogP contribution in [0.15, 0.2) is 60.8 Å². The number of benzene rings is 2. The Kier molecular flexibility index (Phi) is 7.15. The molecule has 1 unspecified atom stereocenters. The second-order valence-electron chi connectivity index (χ2n) is 9.59. The lowest BCUT2D eigenvalue weighted by molar-refractivity contribution is -0.137. The number of rotatable bonds is 7. The first kappa shape index (κ1) is 25.4. The maximum atomic E-state index is 12.9. The summed E-state index contributed by atoms with van der Waals surface area (Å²) in [5.74, 6) is -0.680. The maximum absolute atomic E-state index is 12.9. The van der Waals surface area contributed by atoms with Gasteiger partial charge in [0.1, 0.15) is 0 Å². The number of amides is 1. The monoisotopic (exact) mass is 496 g/mol. The largest absolute Gasteiger partial charge is 0.478 e. The molecule has 0 bridgehead atoms. The molecule has 0 spiro atoms. The number of aromatic nitrogens is 1. The van der Waals surface area contributed by atoms with Crippen molar-refractivity contribution >= 4 is 11.9 Å². The Hall–Kier alpha value is -3.68. The van der Waals surface area contributed by atoms with E-state index < -0.39 is 17.7 Å². The van der Waals surface area contributed by atoms with Gasteiger partial charge in [0.25, 0.3) is 5.91 Å². The van der Waals surface area contributed by atoms with Gasteiger partial charge in [-0.05, 0) is 71.7 Å². The summed E-state index contributed by atoms with van der Waals surface area (Å²) in [6.07, 6.45) is -1.46. The second-order valence-corrected chi connectivity index (χ2v) is 9.59. The van der Waals surface area contributed by atoms with Crippen molar-refractivity contribution in [2.24, 2.45) is 11.8 Å². The number of hydrogen-bond donors (Lipinski definition) is 2. The van der Waals surface area contributed by atoms with Gasteiger partial charge in [0, 0.05) is 24.4 Å². The van der Waals surface area contributed by atoms with Crippen LogP contribution >= 0.6 is 0 Å². The number of carbonyl (C=O) groups excluding carboxylic acids is 1. The number of hydrogen-bond acceptors (Lipinski definition) is 3. The highest BCUT2D eigenvalue weighted by Gasteiger charge is 2.36. The Labute approximate surface area is 207 Å². The molecule has 1 heterocycles. The van der Waals surface area contributed by atoms with E-state index in [1.54, 1.807) is 30.5 Å². The van der Waals surface area contributed by atoms with Crippen molar-refractivity contribution in [3.8, 4) is 0 Å². The van der Waals surface area contributed by atoms with Crippen molar-refractivity contribution in [3.05, 3.63) is 99.9 Å². The molecule has 8 heteroatoms. The van der Waals surface area contributed by atoms with E-state index in [2.05, 4.69) is 24.1 Å². The van der Waals surface area contributed by atoms with E-state index in [-0.39, 0.29) is 35.8 Å². The predicted molar refractivity (Wildman–Crippen MR) is 129 cm³/mol. The van der Waals surface area contributed by atoms with Gasteiger partial charge >= 0.3 is 12.1 Å². The van der Waals surface area contributed by atoms with E-state index in [1.807, 2.05) is 6.07 Å². The number of carboxylic acid groups (broad SMARTS) is 1. The molecule has 1 amide bonds. The van der Waals surface area contributed by atoms with Gasteiger partial charge in [-0.3, -0.25) is 9.78 Å². The minimum absolute atomic E-state index is 0.146. The van der Waals surface area contributed by atoms with Crippen molar-refractivity contribution in [1.29, 1.82) is 0 Å². The summed E-state index contributed by atoms with van der Waals surface area (Å²) in [6.45, 7) is 4.47. The SMILES string of the molecule is CC(C)[C@H]1c2ncc(C(=O)NCc3ccc(C(=O)O)cc3)cc2CC1Cc1ccc(C(F)(F)F)cc1. The van der Waals surface area contributed by atoms with Crippen LogP contribution in [0.5, 0.6) is 0 Å². The zero-order valence-corrected chi connectivity index (χ0v) is 20.0. The number of alkyl halides is 3. The van der Waals surface area contributed by atoms with Crippen LogP contribution in [0, 0.1) is 11.8 Å². The van der Waals surface area contributed by atoms with E-state index in [9.17, 15) is 22.8 Å². The fraction of sp³-hybridized carbons (Fsp3) is 0.321. The molecule has 3 aromatic rings. The van der Waals surface area contributed by atoms with E-state index in [0.29, 0.717) is 18.4 Å². The fourth-order valence-electron chi connectivity index (χ4n) is 4.98. The number of halogens is 3. The van der Waals surface area contributed by atoms with Crippen LogP contribution in [0.3, 0.4) is 0 Å². The van der Waals surface area contributed by atoms with Crippen molar-refractivity contribution in [2.75, 3.05) is 0 Å². The van der Waals surface area contributed by atoms with Crippen LogP contribution in [-0.2, 0) is 25.6 Å². The molecule has 0 fully saturated rings. The molecule has 2 atom stereocenters. The van der Waals surface area contributed by atoms with Gasteiger partial charge in [-0.15, -0.1) is 0 Å². The maximum Gasteiger partial charge on any atom is 0.416 e. The number of fused-ring (bicyclic) bond motifs is 1. The lowest BCUT2D eigenvalue weighted by atomic mass is 9.81. The Balaban J connectivity index is 1.45. The van der Waals surface area contributed by atoms with Gasteiger partial charge in [0.05, 0.1) is 16.7 Å². The molecule has 188 valence electrons. The highest BCUT2D eigenvalue weighted by atomic mass is 19.4. The van der Waals surface area contributed by atoms with Crippen LogP contribution in [0.4, 0.5) is 13.2 Å². The predicted octanol–water partition coefficient (Wildman–Crippen LogP) is 5.88. The molecule has 0 aliphatic heterocycles. The lowest BCUT2D eigenvalue weighted by Gasteiger charge is -2.23. The van der Waals surface area contributed by atoms with Gasteiger partial charge in [-0.1, -0.05) is 38.1 Å². The molecular weight excluding hydrogens is 469 g/mol. The average Bonchev–Trinajstić information content (AvgIpc) is 3.19. The molecule has 1 aromatic heterocycles. The second kappa shape index (κ2) is 10.1. The van der Waals surface area contributed by atoms with Crippen molar-refractivity contribution in [2.45, 2.75) is 45.3 Å². The van der Waals surface area contributed by atoms with Gasteiger partial charge in [0.15, 0.2) is 0 Å². The highest BCUT2D eigenvalue weighted by molar-refractivity contribution is 5.94. The van der Waals surface area contributed by atoms with Crippen LogP contribution in [-0.4, -0.2) is 22.0 Å². The molecule has 0 radical (unpaired) electrons. The summed E-state index contributed by atoms with van der Waals surface area (Å²) in [5, 5.41) is 11.8. The molecule has 1 aliphatic rings. The Morgan fingerprint density at radius 1 is 1.03 bits per heavy atom. The molecule has 1 aliphatic carbocycles. The lowest BCUT2D eigenvalue weighted by Crippen LogP contribution is -2.23. The van der Waals surface area contributed by atoms with Crippen molar-refractivity contribution in [3.63, 3.8) is 0 Å². The number of carbonyl (C=O) groups is 2. The van der Waals surface area contributed by atoms with Crippen molar-refractivity contribution in [1.82, 2.24) is 10.3 Å². The highest BCUT2D eigenvalue weighted by Crippen LogP contribution is 2.43. The summed E-state index contributed by atoms with van der Waals surface area (Å²) < 4.78 is 38.7. The number of pyridine rings is 1. The Morgan fingerprint density at radius 2 is 1.67 bits per heavy atom. The topological polar surface area (TPSA) is 79.3 Å². The third-order valence-corrected chi connectivity index (χ3v) is 6.72. The molecule has 2 N–H and O–H groups in total. The van der Waals surface area contributed by atoms with Crippen LogP contribution in [0.25, 0.3) is 0 Å². The molecule has 5 nitrogen and oxygen atoms in total. The van der Waals surface area contributed by atoms with Crippen LogP contribution < -0.4 is 5.32 Å². The van der Waals surface area contributed by atoms with Crippen LogP contribution in [0.2, 0.25) is 0 Å².